The molecule has 5 nitrogen and oxygen atoms in total. The quantitative estimate of drug-likeness (QED) is 0.671. The molecule has 1 atom stereocenters. The summed E-state index contributed by atoms with van der Waals surface area (Å²) in [6, 6.07) is 15.8. The van der Waals surface area contributed by atoms with Crippen LogP contribution in [-0.4, -0.2) is 29.2 Å². The van der Waals surface area contributed by atoms with Crippen molar-refractivity contribution in [2.24, 2.45) is 0 Å². The van der Waals surface area contributed by atoms with E-state index in [1.165, 1.54) is 37.7 Å². The number of benzene rings is 2. The molecule has 2 aliphatic rings. The van der Waals surface area contributed by atoms with Crippen molar-refractivity contribution >= 4 is 11.9 Å². The van der Waals surface area contributed by atoms with Crippen molar-refractivity contribution in [1.82, 2.24) is 5.32 Å². The molecular formula is C26H31NO4. The van der Waals surface area contributed by atoms with Gasteiger partial charge < -0.3 is 15.2 Å². The van der Waals surface area contributed by atoms with Crippen LogP contribution >= 0.6 is 0 Å². The summed E-state index contributed by atoms with van der Waals surface area (Å²) in [5.74, 6) is -0.367. The Morgan fingerprint density at radius 3 is 2.42 bits per heavy atom. The van der Waals surface area contributed by atoms with Gasteiger partial charge in [0.05, 0.1) is 0 Å². The van der Waals surface area contributed by atoms with Crippen molar-refractivity contribution in [3.8, 4) is 0 Å². The number of carbonyl (C=O) groups is 2. The Morgan fingerprint density at radius 2 is 1.74 bits per heavy atom. The van der Waals surface area contributed by atoms with Gasteiger partial charge in [0.2, 0.25) is 0 Å². The molecule has 31 heavy (non-hydrogen) atoms. The molecule has 0 spiro atoms. The summed E-state index contributed by atoms with van der Waals surface area (Å²) in [6.45, 7) is 0.888. The second-order valence-corrected chi connectivity index (χ2v) is 8.89. The van der Waals surface area contributed by atoms with Crippen molar-refractivity contribution in [3.63, 3.8) is 0 Å². The highest BCUT2D eigenvalue weighted by Gasteiger charge is 2.42. The molecule has 1 aliphatic heterocycles. The Balaban J connectivity index is 1.35. The first-order valence-corrected chi connectivity index (χ1v) is 11.4. The molecule has 1 saturated carbocycles. The van der Waals surface area contributed by atoms with Crippen molar-refractivity contribution in [2.45, 2.75) is 69.4 Å². The highest BCUT2D eigenvalue weighted by Crippen LogP contribution is 2.33. The van der Waals surface area contributed by atoms with E-state index >= 15 is 0 Å². The van der Waals surface area contributed by atoms with E-state index in [1.54, 1.807) is 0 Å². The van der Waals surface area contributed by atoms with Gasteiger partial charge in [-0.05, 0) is 60.4 Å². The molecule has 5 heteroatoms. The Morgan fingerprint density at radius 1 is 1.00 bits per heavy atom. The first kappa shape index (κ1) is 21.6. The van der Waals surface area contributed by atoms with E-state index in [0.717, 1.165) is 17.5 Å². The second-order valence-electron chi connectivity index (χ2n) is 8.89. The van der Waals surface area contributed by atoms with Crippen LogP contribution in [0.5, 0.6) is 0 Å². The number of nitrogens with one attached hydrogen (secondary N) is 1. The summed E-state index contributed by atoms with van der Waals surface area (Å²) >= 11 is 0. The van der Waals surface area contributed by atoms with Crippen molar-refractivity contribution in [1.29, 1.82) is 0 Å². The van der Waals surface area contributed by atoms with Gasteiger partial charge in [0, 0.05) is 25.1 Å². The van der Waals surface area contributed by atoms with E-state index in [-0.39, 0.29) is 5.91 Å². The zero-order valence-electron chi connectivity index (χ0n) is 17.9. The van der Waals surface area contributed by atoms with Gasteiger partial charge in [0.25, 0.3) is 5.91 Å². The molecule has 4 rings (SSSR count). The molecule has 0 bridgehead atoms. The molecule has 0 aromatic heterocycles. The van der Waals surface area contributed by atoms with Crippen LogP contribution in [0.25, 0.3) is 0 Å². The fourth-order valence-corrected chi connectivity index (χ4v) is 4.89. The molecule has 2 aromatic rings. The van der Waals surface area contributed by atoms with E-state index in [9.17, 15) is 14.7 Å². The molecule has 0 radical (unpaired) electrons. The molecular weight excluding hydrogens is 390 g/mol. The van der Waals surface area contributed by atoms with Crippen molar-refractivity contribution in [2.75, 3.05) is 6.61 Å². The van der Waals surface area contributed by atoms with E-state index in [1.807, 2.05) is 36.4 Å². The van der Waals surface area contributed by atoms with Gasteiger partial charge in [-0.3, -0.25) is 4.79 Å². The molecule has 2 aromatic carbocycles. The molecule has 2 fully saturated rings. The zero-order valence-corrected chi connectivity index (χ0v) is 17.9. The lowest BCUT2D eigenvalue weighted by molar-refractivity contribution is -0.159. The SMILES string of the molecule is O=C(NCc1cccc(CC2(C(=O)O)CCCO2)c1)c1ccc(C2CCCCC2)cc1. The predicted octanol–water partition coefficient (Wildman–Crippen LogP) is 4.84. The number of carbonyl (C=O) groups excluding carboxylic acids is 1. The lowest BCUT2D eigenvalue weighted by Gasteiger charge is -2.23. The summed E-state index contributed by atoms with van der Waals surface area (Å²) in [4.78, 5) is 24.3. The number of hydrogen-bond acceptors (Lipinski definition) is 3. The Bertz CT molecular complexity index is 909. The molecule has 1 saturated heterocycles. The summed E-state index contributed by atoms with van der Waals surface area (Å²) in [5.41, 5.74) is 2.74. The van der Waals surface area contributed by atoms with Crippen LogP contribution in [0.1, 0.15) is 77.9 Å². The lowest BCUT2D eigenvalue weighted by Crippen LogP contribution is -2.40. The van der Waals surface area contributed by atoms with E-state index in [2.05, 4.69) is 17.4 Å². The van der Waals surface area contributed by atoms with E-state index in [4.69, 9.17) is 4.74 Å². The standard InChI is InChI=1S/C26H31NO4/c28-24(23-12-10-22(11-13-23)21-8-2-1-3-9-21)27-18-20-7-4-6-19(16-20)17-26(25(29)30)14-5-15-31-26/h4,6-7,10-13,16,21H,1-3,5,8-9,14-15,17-18H2,(H,27,28)(H,29,30). The number of ether oxygens (including phenoxy) is 1. The first-order valence-electron chi connectivity index (χ1n) is 11.4. The van der Waals surface area contributed by atoms with Crippen LogP contribution < -0.4 is 5.32 Å². The van der Waals surface area contributed by atoms with Gasteiger partial charge in [-0.15, -0.1) is 0 Å². The Kier molecular flexibility index (Phi) is 6.71. The van der Waals surface area contributed by atoms with Gasteiger partial charge >= 0.3 is 5.97 Å². The highest BCUT2D eigenvalue weighted by atomic mass is 16.5. The summed E-state index contributed by atoms with van der Waals surface area (Å²) in [5, 5.41) is 12.6. The maximum Gasteiger partial charge on any atom is 0.336 e. The van der Waals surface area contributed by atoms with E-state index < -0.39 is 11.6 Å². The summed E-state index contributed by atoms with van der Waals surface area (Å²) < 4.78 is 5.59. The number of carboxylic acids is 1. The molecule has 164 valence electrons. The smallest absolute Gasteiger partial charge is 0.336 e. The molecule has 1 unspecified atom stereocenters. The van der Waals surface area contributed by atoms with Crippen LogP contribution in [-0.2, 0) is 22.5 Å². The van der Waals surface area contributed by atoms with Gasteiger partial charge in [-0.1, -0.05) is 55.7 Å². The van der Waals surface area contributed by atoms with E-state index in [0.29, 0.717) is 37.5 Å². The number of aliphatic carboxylic acids is 1. The van der Waals surface area contributed by atoms with Crippen LogP contribution in [0.15, 0.2) is 48.5 Å². The van der Waals surface area contributed by atoms with Gasteiger partial charge in [-0.2, -0.15) is 0 Å². The molecule has 2 N–H and O–H groups in total. The fraction of sp³-hybridized carbons (Fsp3) is 0.462. The number of hydrogen-bond donors (Lipinski definition) is 2. The van der Waals surface area contributed by atoms with Crippen LogP contribution in [0, 0.1) is 0 Å². The minimum atomic E-state index is -1.12. The third kappa shape index (κ3) is 5.16. The van der Waals surface area contributed by atoms with Crippen LogP contribution in [0.2, 0.25) is 0 Å². The first-order chi connectivity index (χ1) is 15.1. The Hall–Kier alpha value is -2.66. The van der Waals surface area contributed by atoms with Crippen molar-refractivity contribution in [3.05, 3.63) is 70.8 Å². The molecule has 1 amide bonds. The Labute approximate surface area is 183 Å². The molecule has 1 aliphatic carbocycles. The minimum Gasteiger partial charge on any atom is -0.479 e. The average Bonchev–Trinajstić information content (AvgIpc) is 3.28. The lowest BCUT2D eigenvalue weighted by atomic mass is 9.84. The maximum atomic E-state index is 12.6. The fourth-order valence-electron chi connectivity index (χ4n) is 4.89. The minimum absolute atomic E-state index is 0.0956. The monoisotopic (exact) mass is 421 g/mol. The number of rotatable bonds is 7. The largest absolute Gasteiger partial charge is 0.479 e. The summed E-state index contributed by atoms with van der Waals surface area (Å²) in [6.07, 6.45) is 8.06. The van der Waals surface area contributed by atoms with Crippen LogP contribution in [0.3, 0.4) is 0 Å². The zero-order chi connectivity index (χ0) is 21.7. The van der Waals surface area contributed by atoms with Crippen LogP contribution in [0.4, 0.5) is 0 Å². The topological polar surface area (TPSA) is 75.6 Å². The predicted molar refractivity (Wildman–Crippen MR) is 119 cm³/mol. The highest BCUT2D eigenvalue weighted by molar-refractivity contribution is 5.94. The van der Waals surface area contributed by atoms with Gasteiger partial charge in [-0.25, -0.2) is 4.79 Å². The van der Waals surface area contributed by atoms with Gasteiger partial charge in [0.1, 0.15) is 0 Å². The normalized spacial score (nSPS) is 21.7. The summed E-state index contributed by atoms with van der Waals surface area (Å²) in [7, 11) is 0. The second kappa shape index (κ2) is 9.65. The van der Waals surface area contributed by atoms with Crippen molar-refractivity contribution < 1.29 is 19.4 Å². The third-order valence-corrected chi connectivity index (χ3v) is 6.68. The number of amides is 1. The van der Waals surface area contributed by atoms with Gasteiger partial charge in [0.15, 0.2) is 5.60 Å². The molecule has 1 heterocycles. The number of carboxylic acid groups (broad SMARTS) is 1. The maximum absolute atomic E-state index is 12.6. The third-order valence-electron chi connectivity index (χ3n) is 6.68. The average molecular weight is 422 g/mol.